The monoisotopic (exact) mass is 491 g/mol. The molecule has 2 aromatic carbocycles. The standard InChI is InChI=1S/C23H20F3N3O4S/c24-23(25,26)16-3-1-4-18(13-16)33-14-20(30)29-17-8-6-15(7-9-17)21(31)27-10-11-28-22(32)19-5-2-12-34-19/h1-9,12-13H,10-11,14H2,(H,27,31)(H,28,32)(H,29,30). The lowest BCUT2D eigenvalue weighted by Crippen LogP contribution is -2.34. The molecule has 0 aliphatic carbocycles. The molecule has 0 aliphatic rings. The van der Waals surface area contributed by atoms with E-state index in [9.17, 15) is 27.6 Å². The van der Waals surface area contributed by atoms with Crippen LogP contribution in [0.25, 0.3) is 0 Å². The Labute approximate surface area is 196 Å². The first kappa shape index (κ1) is 24.8. The van der Waals surface area contributed by atoms with Gasteiger partial charge in [0.25, 0.3) is 17.7 Å². The Bertz CT molecular complexity index is 1130. The van der Waals surface area contributed by atoms with Crippen LogP contribution in [0.15, 0.2) is 66.0 Å². The summed E-state index contributed by atoms with van der Waals surface area (Å²) in [6.45, 7) is 0.0184. The van der Waals surface area contributed by atoms with E-state index in [4.69, 9.17) is 4.74 Å². The molecule has 3 amide bonds. The van der Waals surface area contributed by atoms with Gasteiger partial charge in [-0.05, 0) is 53.9 Å². The highest BCUT2D eigenvalue weighted by Crippen LogP contribution is 2.31. The number of hydrogen-bond acceptors (Lipinski definition) is 5. The summed E-state index contributed by atoms with van der Waals surface area (Å²) in [5.41, 5.74) is -0.135. The minimum absolute atomic E-state index is 0.0800. The third kappa shape index (κ3) is 7.34. The van der Waals surface area contributed by atoms with Gasteiger partial charge in [-0.3, -0.25) is 14.4 Å². The molecule has 0 bridgehead atoms. The molecule has 34 heavy (non-hydrogen) atoms. The largest absolute Gasteiger partial charge is 0.484 e. The van der Waals surface area contributed by atoms with Crippen molar-refractivity contribution < 1.29 is 32.3 Å². The number of hydrogen-bond donors (Lipinski definition) is 3. The predicted octanol–water partition coefficient (Wildman–Crippen LogP) is 3.94. The van der Waals surface area contributed by atoms with Crippen molar-refractivity contribution in [3.63, 3.8) is 0 Å². The predicted molar refractivity (Wildman–Crippen MR) is 121 cm³/mol. The minimum atomic E-state index is -4.51. The first-order valence-corrected chi connectivity index (χ1v) is 10.9. The van der Waals surface area contributed by atoms with Gasteiger partial charge in [0.1, 0.15) is 5.75 Å². The molecule has 1 aromatic heterocycles. The molecule has 3 N–H and O–H groups in total. The van der Waals surface area contributed by atoms with Crippen molar-refractivity contribution in [3.05, 3.63) is 82.0 Å². The van der Waals surface area contributed by atoms with Gasteiger partial charge in [-0.1, -0.05) is 12.1 Å². The van der Waals surface area contributed by atoms with Gasteiger partial charge in [0.05, 0.1) is 10.4 Å². The van der Waals surface area contributed by atoms with Crippen molar-refractivity contribution in [2.75, 3.05) is 25.0 Å². The van der Waals surface area contributed by atoms with Crippen LogP contribution >= 0.6 is 11.3 Å². The van der Waals surface area contributed by atoms with Crippen LogP contribution in [0, 0.1) is 0 Å². The topological polar surface area (TPSA) is 96.5 Å². The van der Waals surface area contributed by atoms with Crippen LogP contribution < -0.4 is 20.7 Å². The van der Waals surface area contributed by atoms with Gasteiger partial charge in [0.15, 0.2) is 6.61 Å². The highest BCUT2D eigenvalue weighted by molar-refractivity contribution is 7.12. The van der Waals surface area contributed by atoms with Crippen molar-refractivity contribution in [1.29, 1.82) is 0 Å². The Morgan fingerprint density at radius 2 is 1.59 bits per heavy atom. The van der Waals surface area contributed by atoms with Crippen molar-refractivity contribution in [2.24, 2.45) is 0 Å². The highest BCUT2D eigenvalue weighted by Gasteiger charge is 2.30. The number of nitrogens with one attached hydrogen (secondary N) is 3. The molecule has 0 spiro atoms. The smallest absolute Gasteiger partial charge is 0.416 e. The number of thiophene rings is 1. The first-order chi connectivity index (χ1) is 16.2. The average molecular weight is 491 g/mol. The SMILES string of the molecule is O=C(COc1cccc(C(F)(F)F)c1)Nc1ccc(C(=O)NCCNC(=O)c2cccs2)cc1. The Balaban J connectivity index is 1.41. The maximum atomic E-state index is 12.7. The highest BCUT2D eigenvalue weighted by atomic mass is 32.1. The van der Waals surface area contributed by atoms with Crippen LogP contribution in [0.2, 0.25) is 0 Å². The van der Waals surface area contributed by atoms with Gasteiger partial charge in [-0.2, -0.15) is 13.2 Å². The number of amides is 3. The maximum absolute atomic E-state index is 12.7. The zero-order chi connectivity index (χ0) is 24.6. The summed E-state index contributed by atoms with van der Waals surface area (Å²) in [5, 5.41) is 9.71. The molecule has 0 atom stereocenters. The number of anilines is 1. The molecular weight excluding hydrogens is 471 g/mol. The lowest BCUT2D eigenvalue weighted by Gasteiger charge is -2.11. The molecule has 0 radical (unpaired) electrons. The van der Waals surface area contributed by atoms with E-state index in [1.54, 1.807) is 17.5 Å². The molecule has 11 heteroatoms. The summed E-state index contributed by atoms with van der Waals surface area (Å²) >= 11 is 1.32. The van der Waals surface area contributed by atoms with Crippen LogP contribution in [0.1, 0.15) is 25.6 Å². The Morgan fingerprint density at radius 1 is 0.882 bits per heavy atom. The molecule has 3 aromatic rings. The molecule has 0 saturated heterocycles. The molecule has 0 saturated carbocycles. The molecule has 7 nitrogen and oxygen atoms in total. The minimum Gasteiger partial charge on any atom is -0.484 e. The number of ether oxygens (including phenoxy) is 1. The van der Waals surface area contributed by atoms with Gasteiger partial charge in [-0.15, -0.1) is 11.3 Å². The van der Waals surface area contributed by atoms with Gasteiger partial charge >= 0.3 is 6.18 Å². The zero-order valence-electron chi connectivity index (χ0n) is 17.6. The quantitative estimate of drug-likeness (QED) is 0.395. The van der Waals surface area contributed by atoms with Gasteiger partial charge < -0.3 is 20.7 Å². The van der Waals surface area contributed by atoms with E-state index in [-0.39, 0.29) is 30.7 Å². The third-order valence-corrected chi connectivity index (χ3v) is 5.27. The van der Waals surface area contributed by atoms with Crippen LogP contribution in [0.4, 0.5) is 18.9 Å². The lowest BCUT2D eigenvalue weighted by molar-refractivity contribution is -0.137. The lowest BCUT2D eigenvalue weighted by atomic mass is 10.2. The molecule has 0 fully saturated rings. The van der Waals surface area contributed by atoms with E-state index in [1.807, 2.05) is 0 Å². The second-order valence-corrected chi connectivity index (χ2v) is 7.88. The summed E-state index contributed by atoms with van der Waals surface area (Å²) in [6, 6.07) is 13.7. The van der Waals surface area contributed by atoms with Crippen LogP contribution in [0.5, 0.6) is 5.75 Å². The summed E-state index contributed by atoms with van der Waals surface area (Å²) < 4.78 is 43.3. The molecule has 1 heterocycles. The fraction of sp³-hybridized carbons (Fsp3) is 0.174. The fourth-order valence-corrected chi connectivity index (χ4v) is 3.40. The number of carbonyl (C=O) groups is 3. The van der Waals surface area contributed by atoms with Crippen molar-refractivity contribution in [3.8, 4) is 5.75 Å². The van der Waals surface area contributed by atoms with E-state index in [1.165, 1.54) is 47.7 Å². The maximum Gasteiger partial charge on any atom is 0.416 e. The normalized spacial score (nSPS) is 10.9. The molecule has 178 valence electrons. The third-order valence-electron chi connectivity index (χ3n) is 4.40. The Morgan fingerprint density at radius 3 is 2.24 bits per heavy atom. The summed E-state index contributed by atoms with van der Waals surface area (Å²) in [6.07, 6.45) is -4.51. The summed E-state index contributed by atoms with van der Waals surface area (Å²) in [4.78, 5) is 36.6. The van der Waals surface area contributed by atoms with E-state index in [2.05, 4.69) is 16.0 Å². The Kier molecular flexibility index (Phi) is 8.25. The van der Waals surface area contributed by atoms with E-state index in [0.29, 0.717) is 16.1 Å². The first-order valence-electron chi connectivity index (χ1n) is 10.0. The van der Waals surface area contributed by atoms with Gasteiger partial charge in [0, 0.05) is 24.3 Å². The second-order valence-electron chi connectivity index (χ2n) is 6.93. The number of halogens is 3. The van der Waals surface area contributed by atoms with Crippen LogP contribution in [0.3, 0.4) is 0 Å². The summed E-state index contributed by atoms with van der Waals surface area (Å²) in [7, 11) is 0. The summed E-state index contributed by atoms with van der Waals surface area (Å²) in [5.74, 6) is -1.21. The van der Waals surface area contributed by atoms with E-state index < -0.39 is 24.3 Å². The van der Waals surface area contributed by atoms with Gasteiger partial charge in [-0.25, -0.2) is 0 Å². The average Bonchev–Trinajstić information content (AvgIpc) is 3.36. The Hall–Kier alpha value is -3.86. The van der Waals surface area contributed by atoms with Gasteiger partial charge in [0.2, 0.25) is 0 Å². The number of carbonyl (C=O) groups excluding carboxylic acids is 3. The number of rotatable bonds is 9. The van der Waals surface area contributed by atoms with E-state index in [0.717, 1.165) is 12.1 Å². The van der Waals surface area contributed by atoms with Crippen molar-refractivity contribution in [2.45, 2.75) is 6.18 Å². The van der Waals surface area contributed by atoms with Crippen LogP contribution in [-0.4, -0.2) is 37.4 Å². The fourth-order valence-electron chi connectivity index (χ4n) is 2.76. The molecule has 0 aliphatic heterocycles. The van der Waals surface area contributed by atoms with Crippen molar-refractivity contribution in [1.82, 2.24) is 10.6 Å². The second kappa shape index (κ2) is 11.3. The number of alkyl halides is 3. The van der Waals surface area contributed by atoms with E-state index >= 15 is 0 Å². The molecule has 3 rings (SSSR count). The zero-order valence-corrected chi connectivity index (χ0v) is 18.5. The van der Waals surface area contributed by atoms with Crippen molar-refractivity contribution >= 4 is 34.7 Å². The van der Waals surface area contributed by atoms with Crippen LogP contribution in [-0.2, 0) is 11.0 Å². The number of benzene rings is 2. The molecule has 0 unspecified atom stereocenters. The molecular formula is C23H20F3N3O4S.